The van der Waals surface area contributed by atoms with E-state index in [0.29, 0.717) is 0 Å². The molecule has 2 N–H and O–H groups in total. The van der Waals surface area contributed by atoms with Gasteiger partial charge >= 0.3 is 17.9 Å². The molecule has 1 aromatic rings. The third-order valence-corrected chi connectivity index (χ3v) is 2.28. The van der Waals surface area contributed by atoms with Gasteiger partial charge in [-0.05, 0) is 0 Å². The minimum Gasteiger partial charge on any atom is -0.480 e. The molecule has 0 aliphatic carbocycles. The summed E-state index contributed by atoms with van der Waals surface area (Å²) in [5.74, 6) is -2.38. The summed E-state index contributed by atoms with van der Waals surface area (Å²) in [5, 5.41) is 11.3. The monoisotopic (exact) mass is 301 g/mol. The largest absolute Gasteiger partial charge is 0.480 e. The molecule has 0 radical (unpaired) electrons. The predicted octanol–water partition coefficient (Wildman–Crippen LogP) is 1.69. The highest BCUT2D eigenvalue weighted by Gasteiger charge is 2.15. The molecule has 0 aliphatic rings. The molecule has 7 nitrogen and oxygen atoms in total. The molecule has 108 valence electrons. The van der Waals surface area contributed by atoms with E-state index in [4.69, 9.17) is 26.2 Å². The van der Waals surface area contributed by atoms with Gasteiger partial charge < -0.3 is 19.9 Å². The second kappa shape index (κ2) is 6.76. The number of hydrogen-bond acceptors (Lipinski definition) is 6. The molecule has 0 amide bonds. The molecule has 0 atom stereocenters. The lowest BCUT2D eigenvalue weighted by Gasteiger charge is -2.13. The van der Waals surface area contributed by atoms with E-state index >= 15 is 0 Å². The fourth-order valence-corrected chi connectivity index (χ4v) is 1.53. The summed E-state index contributed by atoms with van der Waals surface area (Å²) in [6, 6.07) is 2.54. The van der Waals surface area contributed by atoms with Gasteiger partial charge in [0.1, 0.15) is 6.54 Å². The van der Waals surface area contributed by atoms with Crippen LogP contribution in [0.3, 0.4) is 0 Å². The van der Waals surface area contributed by atoms with Crippen LogP contribution in [0.25, 0.3) is 0 Å². The maximum Gasteiger partial charge on any atom is 0.322 e. The van der Waals surface area contributed by atoms with Gasteiger partial charge in [0, 0.05) is 26.0 Å². The number of nitrogens with one attached hydrogen (secondary N) is 1. The van der Waals surface area contributed by atoms with Crippen molar-refractivity contribution in [2.75, 3.05) is 11.9 Å². The van der Waals surface area contributed by atoms with Crippen LogP contribution in [-0.2, 0) is 14.4 Å². The lowest BCUT2D eigenvalue weighted by Crippen LogP contribution is -2.13. The topological polar surface area (TPSA) is 102 Å². The summed E-state index contributed by atoms with van der Waals surface area (Å²) >= 11 is 5.92. The Balaban J connectivity index is 3.12. The van der Waals surface area contributed by atoms with Crippen LogP contribution in [0.2, 0.25) is 5.02 Å². The first kappa shape index (κ1) is 15.8. The molecule has 0 heterocycles. The fraction of sp³-hybridized carbons (Fsp3) is 0.250. The Labute approximate surface area is 119 Å². The van der Waals surface area contributed by atoms with Crippen LogP contribution in [0, 0.1) is 0 Å². The van der Waals surface area contributed by atoms with Crippen molar-refractivity contribution in [2.24, 2.45) is 0 Å². The molecule has 0 aromatic heterocycles. The van der Waals surface area contributed by atoms with Crippen molar-refractivity contribution in [1.29, 1.82) is 0 Å². The summed E-state index contributed by atoms with van der Waals surface area (Å²) in [7, 11) is 0. The van der Waals surface area contributed by atoms with E-state index in [-0.39, 0.29) is 28.8 Å². The Morgan fingerprint density at radius 2 is 1.65 bits per heavy atom. The second-order valence-corrected chi connectivity index (χ2v) is 4.12. The van der Waals surface area contributed by atoms with E-state index in [1.165, 1.54) is 26.0 Å². The maximum absolute atomic E-state index is 11.0. The number of esters is 2. The highest BCUT2D eigenvalue weighted by molar-refractivity contribution is 6.33. The molecule has 0 aliphatic heterocycles. The Bertz CT molecular complexity index is 557. The number of anilines is 1. The van der Waals surface area contributed by atoms with Crippen molar-refractivity contribution < 1.29 is 29.0 Å². The molecular formula is C12H12ClNO6. The molecular weight excluding hydrogens is 290 g/mol. The van der Waals surface area contributed by atoms with Crippen LogP contribution in [-0.4, -0.2) is 29.6 Å². The number of aliphatic carboxylic acids is 1. The van der Waals surface area contributed by atoms with Gasteiger partial charge in [-0.1, -0.05) is 11.6 Å². The number of benzene rings is 1. The average molecular weight is 302 g/mol. The van der Waals surface area contributed by atoms with E-state index in [1.54, 1.807) is 0 Å². The van der Waals surface area contributed by atoms with Crippen molar-refractivity contribution >= 4 is 35.2 Å². The second-order valence-electron chi connectivity index (χ2n) is 3.71. The molecule has 0 saturated carbocycles. The van der Waals surface area contributed by atoms with Crippen LogP contribution < -0.4 is 14.8 Å². The Kier molecular flexibility index (Phi) is 5.33. The van der Waals surface area contributed by atoms with Crippen LogP contribution in [0.4, 0.5) is 5.69 Å². The number of carbonyl (C=O) groups excluding carboxylic acids is 2. The fourth-order valence-electron chi connectivity index (χ4n) is 1.31. The lowest BCUT2D eigenvalue weighted by atomic mass is 10.2. The molecule has 0 saturated heterocycles. The third-order valence-electron chi connectivity index (χ3n) is 1.97. The summed E-state index contributed by atoms with van der Waals surface area (Å²) in [4.78, 5) is 32.5. The molecule has 0 unspecified atom stereocenters. The zero-order valence-electron chi connectivity index (χ0n) is 10.7. The zero-order valence-corrected chi connectivity index (χ0v) is 11.5. The molecule has 0 spiro atoms. The van der Waals surface area contributed by atoms with E-state index in [1.807, 2.05) is 0 Å². The van der Waals surface area contributed by atoms with E-state index in [9.17, 15) is 14.4 Å². The van der Waals surface area contributed by atoms with Gasteiger partial charge in [0.15, 0.2) is 11.5 Å². The van der Waals surface area contributed by atoms with E-state index in [2.05, 4.69) is 5.32 Å². The number of ether oxygens (including phenoxy) is 2. The van der Waals surface area contributed by atoms with Gasteiger partial charge in [-0.15, -0.1) is 0 Å². The number of rotatable bonds is 5. The Morgan fingerprint density at radius 1 is 1.15 bits per heavy atom. The summed E-state index contributed by atoms with van der Waals surface area (Å²) in [6.07, 6.45) is 0. The molecule has 8 heteroatoms. The molecule has 1 aromatic carbocycles. The van der Waals surface area contributed by atoms with Gasteiger partial charge in [-0.2, -0.15) is 0 Å². The molecule has 0 fully saturated rings. The normalized spacial score (nSPS) is 9.75. The number of carboxylic acid groups (broad SMARTS) is 1. The Morgan fingerprint density at radius 3 is 2.10 bits per heavy atom. The standard InChI is InChI=1S/C12H12ClNO6/c1-6(15)19-10-3-8(13)9(14-5-12(17)18)4-11(10)20-7(2)16/h3-4,14H,5H2,1-2H3,(H,17,18). The minimum atomic E-state index is -1.08. The summed E-state index contributed by atoms with van der Waals surface area (Å²) < 4.78 is 9.75. The quantitative estimate of drug-likeness (QED) is 0.630. The van der Waals surface area contributed by atoms with Crippen molar-refractivity contribution in [1.82, 2.24) is 0 Å². The Hall–Kier alpha value is -2.28. The van der Waals surface area contributed by atoms with Gasteiger partial charge in [-0.25, -0.2) is 0 Å². The molecule has 0 bridgehead atoms. The number of halogens is 1. The van der Waals surface area contributed by atoms with Gasteiger partial charge in [0.05, 0.1) is 10.7 Å². The van der Waals surface area contributed by atoms with Crippen LogP contribution in [0.5, 0.6) is 11.5 Å². The molecule has 20 heavy (non-hydrogen) atoms. The van der Waals surface area contributed by atoms with Gasteiger partial charge in [0.25, 0.3) is 0 Å². The lowest BCUT2D eigenvalue weighted by molar-refractivity contribution is -0.135. The van der Waals surface area contributed by atoms with E-state index < -0.39 is 17.9 Å². The predicted molar refractivity (Wildman–Crippen MR) is 70.2 cm³/mol. The van der Waals surface area contributed by atoms with Crippen LogP contribution in [0.15, 0.2) is 12.1 Å². The van der Waals surface area contributed by atoms with E-state index in [0.717, 1.165) is 0 Å². The molecule has 1 rings (SSSR count). The summed E-state index contributed by atoms with van der Waals surface area (Å²) in [6.45, 7) is 1.99. The first-order chi connectivity index (χ1) is 9.29. The maximum atomic E-state index is 11.0. The van der Waals surface area contributed by atoms with Crippen molar-refractivity contribution in [3.05, 3.63) is 17.2 Å². The third kappa shape index (κ3) is 4.77. The first-order valence-electron chi connectivity index (χ1n) is 5.45. The zero-order chi connectivity index (χ0) is 15.3. The smallest absolute Gasteiger partial charge is 0.322 e. The highest BCUT2D eigenvalue weighted by atomic mass is 35.5. The van der Waals surface area contributed by atoms with Crippen LogP contribution >= 0.6 is 11.6 Å². The van der Waals surface area contributed by atoms with Crippen molar-refractivity contribution in [3.8, 4) is 11.5 Å². The van der Waals surface area contributed by atoms with Crippen LogP contribution in [0.1, 0.15) is 13.8 Å². The number of carbonyl (C=O) groups is 3. The van der Waals surface area contributed by atoms with Crippen molar-refractivity contribution in [3.63, 3.8) is 0 Å². The number of hydrogen-bond donors (Lipinski definition) is 2. The average Bonchev–Trinajstić information content (AvgIpc) is 2.29. The van der Waals surface area contributed by atoms with Crippen molar-refractivity contribution in [2.45, 2.75) is 13.8 Å². The van der Waals surface area contributed by atoms with Gasteiger partial charge in [0.2, 0.25) is 0 Å². The first-order valence-corrected chi connectivity index (χ1v) is 5.83. The SMILES string of the molecule is CC(=O)Oc1cc(Cl)c(NCC(=O)O)cc1OC(C)=O. The summed E-state index contributed by atoms with van der Waals surface area (Å²) in [5.41, 5.74) is 0.237. The number of carboxylic acids is 1. The van der Waals surface area contributed by atoms with Gasteiger partial charge in [-0.3, -0.25) is 14.4 Å². The minimum absolute atomic E-state index is 0.0291. The highest BCUT2D eigenvalue weighted by Crippen LogP contribution is 2.36.